The molecule has 0 bridgehead atoms. The van der Waals surface area contributed by atoms with E-state index < -0.39 is 11.9 Å². The Kier molecular flexibility index (Phi) is 4.21. The largest absolute Gasteiger partial charge is 0.549 e. The van der Waals surface area contributed by atoms with Crippen LogP contribution in [-0.4, -0.2) is 16.7 Å². The molecule has 3 rings (SSSR count). The first-order valence-electron chi connectivity index (χ1n) is 7.85. The van der Waals surface area contributed by atoms with Gasteiger partial charge >= 0.3 is 0 Å². The summed E-state index contributed by atoms with van der Waals surface area (Å²) < 4.78 is 0. The Morgan fingerprint density at radius 3 is 2.38 bits per heavy atom. The first kappa shape index (κ1) is 16.0. The molecule has 1 aromatic heterocycles. The average Bonchev–Trinajstić information content (AvgIpc) is 2.88. The molecule has 0 radical (unpaired) electrons. The smallest absolute Gasteiger partial charge is 0.163 e. The number of aromatic amines is 1. The summed E-state index contributed by atoms with van der Waals surface area (Å²) in [7, 11) is 0. The first-order chi connectivity index (χ1) is 11.5. The molecule has 24 heavy (non-hydrogen) atoms. The van der Waals surface area contributed by atoms with E-state index in [1.165, 1.54) is 0 Å². The van der Waals surface area contributed by atoms with E-state index in [0.717, 1.165) is 22.2 Å². The lowest BCUT2D eigenvalue weighted by atomic mass is 9.89. The maximum Gasteiger partial charge on any atom is 0.163 e. The molecule has 0 unspecified atom stereocenters. The highest BCUT2D eigenvalue weighted by Gasteiger charge is 2.23. The molecule has 0 aliphatic heterocycles. The van der Waals surface area contributed by atoms with Crippen molar-refractivity contribution >= 4 is 22.7 Å². The average molecular weight is 320 g/mol. The van der Waals surface area contributed by atoms with Crippen LogP contribution in [0.5, 0.6) is 0 Å². The van der Waals surface area contributed by atoms with Crippen LogP contribution in [0.15, 0.2) is 48.5 Å². The van der Waals surface area contributed by atoms with E-state index in [1.54, 1.807) is 12.1 Å². The summed E-state index contributed by atoms with van der Waals surface area (Å²) in [5.74, 6) is -2.41. The summed E-state index contributed by atoms with van der Waals surface area (Å²) in [5, 5.41) is 12.6. The van der Waals surface area contributed by atoms with Crippen molar-refractivity contribution < 1.29 is 14.7 Å². The third-order valence-corrected chi connectivity index (χ3v) is 4.34. The van der Waals surface area contributed by atoms with Crippen molar-refractivity contribution in [2.45, 2.75) is 26.2 Å². The number of carbonyl (C=O) groups excluding carboxylic acids is 2. The molecule has 3 aromatic rings. The van der Waals surface area contributed by atoms with E-state index in [-0.39, 0.29) is 12.2 Å². The fourth-order valence-electron chi connectivity index (χ4n) is 3.09. The van der Waals surface area contributed by atoms with Crippen LogP contribution >= 0.6 is 0 Å². The standard InChI is InChI=1S/C20H19NO3/c1-12-7-9-14(10-8-12)18(22)11-16(20(23)24)19-13(2)21-17-6-4-3-5-15(17)19/h3-10,16,21H,11H2,1-2H3,(H,23,24)/p-1/t16-/m1/s1. The number of rotatable bonds is 5. The van der Waals surface area contributed by atoms with Gasteiger partial charge in [0.15, 0.2) is 5.78 Å². The highest BCUT2D eigenvalue weighted by Crippen LogP contribution is 2.31. The van der Waals surface area contributed by atoms with Gasteiger partial charge in [0.05, 0.1) is 0 Å². The molecular formula is C20H18NO3-. The predicted molar refractivity (Wildman–Crippen MR) is 90.9 cm³/mol. The number of benzene rings is 2. The number of para-hydroxylation sites is 1. The zero-order valence-electron chi connectivity index (χ0n) is 13.6. The molecule has 0 aliphatic carbocycles. The minimum Gasteiger partial charge on any atom is -0.549 e. The summed E-state index contributed by atoms with van der Waals surface area (Å²) in [4.78, 5) is 27.4. The number of carboxylic acid groups (broad SMARTS) is 1. The van der Waals surface area contributed by atoms with Gasteiger partial charge in [-0.25, -0.2) is 0 Å². The van der Waals surface area contributed by atoms with Crippen LogP contribution in [0.4, 0.5) is 0 Å². The molecule has 1 atom stereocenters. The number of nitrogens with one attached hydrogen (secondary N) is 1. The minimum atomic E-state index is -1.23. The van der Waals surface area contributed by atoms with Gasteiger partial charge in [0.25, 0.3) is 0 Å². The van der Waals surface area contributed by atoms with Crippen LogP contribution in [0.1, 0.15) is 39.5 Å². The molecule has 0 fully saturated rings. The maximum atomic E-state index is 12.5. The number of hydrogen-bond donors (Lipinski definition) is 1. The molecule has 1 N–H and O–H groups in total. The predicted octanol–water partition coefficient (Wildman–Crippen LogP) is 2.89. The minimum absolute atomic E-state index is 0.117. The van der Waals surface area contributed by atoms with Gasteiger partial charge in [0.2, 0.25) is 0 Å². The highest BCUT2D eigenvalue weighted by molar-refractivity contribution is 6.00. The second kappa shape index (κ2) is 6.32. The van der Waals surface area contributed by atoms with Crippen LogP contribution in [0.3, 0.4) is 0 Å². The third-order valence-electron chi connectivity index (χ3n) is 4.34. The van der Waals surface area contributed by atoms with Crippen molar-refractivity contribution in [1.82, 2.24) is 4.98 Å². The van der Waals surface area contributed by atoms with Gasteiger partial charge in [-0.15, -0.1) is 0 Å². The van der Waals surface area contributed by atoms with Crippen LogP contribution in [-0.2, 0) is 4.79 Å². The molecule has 122 valence electrons. The van der Waals surface area contributed by atoms with E-state index in [0.29, 0.717) is 11.1 Å². The second-order valence-electron chi connectivity index (χ2n) is 6.07. The van der Waals surface area contributed by atoms with Gasteiger partial charge in [-0.05, 0) is 25.5 Å². The maximum absolute atomic E-state index is 12.5. The van der Waals surface area contributed by atoms with Crippen molar-refractivity contribution in [2.75, 3.05) is 0 Å². The van der Waals surface area contributed by atoms with Crippen LogP contribution < -0.4 is 5.11 Å². The molecule has 0 spiro atoms. The highest BCUT2D eigenvalue weighted by atomic mass is 16.4. The molecule has 4 heteroatoms. The van der Waals surface area contributed by atoms with Crippen molar-refractivity contribution in [3.63, 3.8) is 0 Å². The number of carboxylic acids is 1. The molecule has 0 saturated heterocycles. The van der Waals surface area contributed by atoms with E-state index in [1.807, 2.05) is 50.2 Å². The SMILES string of the molecule is Cc1ccc(C(=O)C[C@@H](C(=O)[O-])c2c(C)[nH]c3ccccc23)cc1. The van der Waals surface area contributed by atoms with Gasteiger partial charge in [-0.3, -0.25) is 4.79 Å². The molecule has 4 nitrogen and oxygen atoms in total. The number of aliphatic carboxylic acids is 1. The number of aromatic nitrogens is 1. The van der Waals surface area contributed by atoms with E-state index >= 15 is 0 Å². The second-order valence-corrected chi connectivity index (χ2v) is 6.07. The number of H-pyrrole nitrogens is 1. The Hall–Kier alpha value is -2.88. The van der Waals surface area contributed by atoms with Gasteiger partial charge in [0.1, 0.15) is 0 Å². The zero-order chi connectivity index (χ0) is 17.3. The van der Waals surface area contributed by atoms with Gasteiger partial charge in [-0.1, -0.05) is 48.0 Å². The van der Waals surface area contributed by atoms with Crippen molar-refractivity contribution in [3.8, 4) is 0 Å². The van der Waals surface area contributed by atoms with Crippen molar-refractivity contribution in [1.29, 1.82) is 0 Å². The molecule has 0 amide bonds. The van der Waals surface area contributed by atoms with Gasteiger partial charge < -0.3 is 14.9 Å². The lowest BCUT2D eigenvalue weighted by molar-refractivity contribution is -0.307. The van der Waals surface area contributed by atoms with E-state index in [9.17, 15) is 14.7 Å². The van der Waals surface area contributed by atoms with E-state index in [4.69, 9.17) is 0 Å². The molecular weight excluding hydrogens is 302 g/mol. The molecule has 0 aliphatic rings. The summed E-state index contributed by atoms with van der Waals surface area (Å²) in [6.07, 6.45) is -0.117. The Morgan fingerprint density at radius 1 is 1.04 bits per heavy atom. The monoisotopic (exact) mass is 320 g/mol. The number of ketones is 1. The lowest BCUT2D eigenvalue weighted by Crippen LogP contribution is -2.31. The Labute approximate surface area is 140 Å². The summed E-state index contributed by atoms with van der Waals surface area (Å²) >= 11 is 0. The van der Waals surface area contributed by atoms with Gasteiger partial charge in [0, 0.05) is 40.5 Å². The summed E-state index contributed by atoms with van der Waals surface area (Å²) in [6.45, 7) is 3.76. The number of aryl methyl sites for hydroxylation is 2. The van der Waals surface area contributed by atoms with Crippen LogP contribution in [0.2, 0.25) is 0 Å². The Bertz CT molecular complexity index is 906. The van der Waals surface area contributed by atoms with Crippen molar-refractivity contribution in [2.24, 2.45) is 0 Å². The normalized spacial score (nSPS) is 12.2. The van der Waals surface area contributed by atoms with Gasteiger partial charge in [-0.2, -0.15) is 0 Å². The zero-order valence-corrected chi connectivity index (χ0v) is 13.6. The number of carbonyl (C=O) groups is 2. The number of Topliss-reactive ketones (excluding diaryl/α,β-unsaturated/α-hetero) is 1. The van der Waals surface area contributed by atoms with Crippen LogP contribution in [0.25, 0.3) is 10.9 Å². The quantitative estimate of drug-likeness (QED) is 0.735. The Balaban J connectivity index is 1.98. The lowest BCUT2D eigenvalue weighted by Gasteiger charge is -2.18. The number of fused-ring (bicyclic) bond motifs is 1. The fourth-order valence-corrected chi connectivity index (χ4v) is 3.09. The summed E-state index contributed by atoms with van der Waals surface area (Å²) in [6, 6.07) is 14.6. The fraction of sp³-hybridized carbons (Fsp3) is 0.200. The molecule has 0 saturated carbocycles. The number of hydrogen-bond acceptors (Lipinski definition) is 3. The summed E-state index contributed by atoms with van der Waals surface area (Å²) in [5.41, 5.74) is 3.81. The third kappa shape index (κ3) is 2.95. The van der Waals surface area contributed by atoms with E-state index in [2.05, 4.69) is 4.98 Å². The van der Waals surface area contributed by atoms with Crippen LogP contribution in [0, 0.1) is 13.8 Å². The molecule has 2 aromatic carbocycles. The Morgan fingerprint density at radius 2 is 1.71 bits per heavy atom. The first-order valence-corrected chi connectivity index (χ1v) is 7.85. The molecule has 1 heterocycles. The topological polar surface area (TPSA) is 73.0 Å². The van der Waals surface area contributed by atoms with Crippen molar-refractivity contribution in [3.05, 3.63) is 70.9 Å².